The lowest BCUT2D eigenvalue weighted by Gasteiger charge is -2.07. The van der Waals surface area contributed by atoms with Crippen LogP contribution in [-0.4, -0.2) is 17.4 Å². The summed E-state index contributed by atoms with van der Waals surface area (Å²) in [6, 6.07) is 3.41. The highest BCUT2D eigenvalue weighted by atomic mass is 16.1. The van der Waals surface area contributed by atoms with E-state index >= 15 is 0 Å². The van der Waals surface area contributed by atoms with Crippen molar-refractivity contribution in [3.63, 3.8) is 0 Å². The first-order valence-electron chi connectivity index (χ1n) is 6.27. The Balaban J connectivity index is 1.97. The summed E-state index contributed by atoms with van der Waals surface area (Å²) in [6.07, 6.45) is 1.58. The standard InChI is InChI=1S/C14H21N3O/c1-13(2)10(14(13,3)4)8-17-12(18)11-9(15)6-5-7-16-11/h5-7,10H,8,15H2,1-4H3,(H,17,18). The summed E-state index contributed by atoms with van der Waals surface area (Å²) in [6.45, 7) is 9.62. The number of pyridine rings is 1. The van der Waals surface area contributed by atoms with Gasteiger partial charge in [-0.25, -0.2) is 4.98 Å². The molecule has 1 aromatic rings. The van der Waals surface area contributed by atoms with Gasteiger partial charge in [0.25, 0.3) is 5.91 Å². The lowest BCUT2D eigenvalue weighted by molar-refractivity contribution is 0.0946. The van der Waals surface area contributed by atoms with Crippen LogP contribution in [0.5, 0.6) is 0 Å². The number of aromatic nitrogens is 1. The molecule has 0 unspecified atom stereocenters. The van der Waals surface area contributed by atoms with E-state index in [0.717, 1.165) is 0 Å². The topological polar surface area (TPSA) is 68.0 Å². The fourth-order valence-corrected chi connectivity index (χ4v) is 2.73. The molecule has 0 atom stereocenters. The van der Waals surface area contributed by atoms with Gasteiger partial charge in [0.2, 0.25) is 0 Å². The first-order chi connectivity index (χ1) is 8.28. The zero-order valence-electron chi connectivity index (χ0n) is 11.4. The molecule has 0 aliphatic heterocycles. The molecule has 1 aliphatic rings. The van der Waals surface area contributed by atoms with Gasteiger partial charge in [-0.1, -0.05) is 27.7 Å². The van der Waals surface area contributed by atoms with Crippen molar-refractivity contribution in [2.75, 3.05) is 12.3 Å². The lowest BCUT2D eigenvalue weighted by atomic mass is 10.0. The van der Waals surface area contributed by atoms with Gasteiger partial charge in [-0.2, -0.15) is 0 Å². The SMILES string of the molecule is CC1(C)C(CNC(=O)c2ncccc2N)C1(C)C. The maximum atomic E-state index is 12.0. The molecular weight excluding hydrogens is 226 g/mol. The molecule has 0 saturated heterocycles. The van der Waals surface area contributed by atoms with Gasteiger partial charge in [-0.05, 0) is 28.9 Å². The molecule has 0 spiro atoms. The molecular formula is C14H21N3O. The number of carbonyl (C=O) groups excluding carboxylic acids is 1. The average Bonchev–Trinajstić information content (AvgIpc) is 2.67. The molecule has 1 heterocycles. The van der Waals surface area contributed by atoms with E-state index in [1.165, 1.54) is 0 Å². The van der Waals surface area contributed by atoms with Crippen molar-refractivity contribution in [3.8, 4) is 0 Å². The van der Waals surface area contributed by atoms with Gasteiger partial charge in [0, 0.05) is 12.7 Å². The molecule has 0 bridgehead atoms. The highest BCUT2D eigenvalue weighted by molar-refractivity contribution is 5.96. The zero-order chi connectivity index (χ0) is 13.6. The van der Waals surface area contributed by atoms with Gasteiger partial charge in [0.05, 0.1) is 5.69 Å². The Labute approximate surface area is 108 Å². The molecule has 1 fully saturated rings. The van der Waals surface area contributed by atoms with Crippen LogP contribution in [0.2, 0.25) is 0 Å². The number of amides is 1. The summed E-state index contributed by atoms with van der Waals surface area (Å²) in [4.78, 5) is 16.0. The number of rotatable bonds is 3. The van der Waals surface area contributed by atoms with Crippen LogP contribution in [0.1, 0.15) is 38.2 Å². The Morgan fingerprint density at radius 1 is 1.39 bits per heavy atom. The summed E-state index contributed by atoms with van der Waals surface area (Å²) in [5, 5.41) is 2.93. The first-order valence-corrected chi connectivity index (χ1v) is 6.27. The van der Waals surface area contributed by atoms with Gasteiger partial charge < -0.3 is 11.1 Å². The molecule has 2 rings (SSSR count). The second kappa shape index (κ2) is 3.97. The fourth-order valence-electron chi connectivity index (χ4n) is 2.73. The summed E-state index contributed by atoms with van der Waals surface area (Å²) < 4.78 is 0. The summed E-state index contributed by atoms with van der Waals surface area (Å²) in [5.74, 6) is 0.311. The molecule has 1 aliphatic carbocycles. The van der Waals surface area contributed by atoms with Crippen LogP contribution >= 0.6 is 0 Å². The van der Waals surface area contributed by atoms with Crippen molar-refractivity contribution in [2.24, 2.45) is 16.7 Å². The van der Waals surface area contributed by atoms with Gasteiger partial charge in [-0.15, -0.1) is 0 Å². The van der Waals surface area contributed by atoms with Gasteiger partial charge in [-0.3, -0.25) is 4.79 Å². The van der Waals surface area contributed by atoms with E-state index in [2.05, 4.69) is 38.0 Å². The minimum atomic E-state index is -0.188. The van der Waals surface area contributed by atoms with Crippen LogP contribution in [0.4, 0.5) is 5.69 Å². The van der Waals surface area contributed by atoms with Crippen LogP contribution in [0, 0.1) is 16.7 Å². The van der Waals surface area contributed by atoms with E-state index in [1.807, 2.05) is 0 Å². The van der Waals surface area contributed by atoms with Gasteiger partial charge in [0.15, 0.2) is 5.69 Å². The highest BCUT2D eigenvalue weighted by Crippen LogP contribution is 2.67. The summed E-state index contributed by atoms with van der Waals surface area (Å²) in [7, 11) is 0. The number of carbonyl (C=O) groups is 1. The maximum absolute atomic E-state index is 12.0. The van der Waals surface area contributed by atoms with Crippen molar-refractivity contribution in [2.45, 2.75) is 27.7 Å². The van der Waals surface area contributed by atoms with Crippen molar-refractivity contribution < 1.29 is 4.79 Å². The smallest absolute Gasteiger partial charge is 0.272 e. The third-order valence-corrected chi connectivity index (χ3v) is 4.84. The number of nitrogens with zero attached hydrogens (tertiary/aromatic N) is 1. The second-order valence-corrected chi connectivity index (χ2v) is 6.15. The molecule has 0 aromatic carbocycles. The van der Waals surface area contributed by atoms with Crippen LogP contribution < -0.4 is 11.1 Å². The minimum Gasteiger partial charge on any atom is -0.397 e. The van der Waals surface area contributed by atoms with E-state index in [4.69, 9.17) is 5.73 Å². The quantitative estimate of drug-likeness (QED) is 0.859. The molecule has 98 valence electrons. The van der Waals surface area contributed by atoms with Crippen molar-refractivity contribution in [1.82, 2.24) is 10.3 Å². The molecule has 18 heavy (non-hydrogen) atoms. The Morgan fingerprint density at radius 2 is 2.00 bits per heavy atom. The van der Waals surface area contributed by atoms with E-state index in [0.29, 0.717) is 23.8 Å². The van der Waals surface area contributed by atoms with E-state index in [9.17, 15) is 4.79 Å². The predicted molar refractivity (Wildman–Crippen MR) is 72.0 cm³/mol. The van der Waals surface area contributed by atoms with Gasteiger partial charge >= 0.3 is 0 Å². The van der Waals surface area contributed by atoms with E-state index < -0.39 is 0 Å². The van der Waals surface area contributed by atoms with Crippen molar-refractivity contribution >= 4 is 11.6 Å². The molecule has 4 nitrogen and oxygen atoms in total. The van der Waals surface area contributed by atoms with Crippen molar-refractivity contribution in [3.05, 3.63) is 24.0 Å². The number of hydrogen-bond acceptors (Lipinski definition) is 3. The normalized spacial score (nSPS) is 20.4. The lowest BCUT2D eigenvalue weighted by Crippen LogP contribution is -2.28. The average molecular weight is 247 g/mol. The Bertz CT molecular complexity index is 466. The van der Waals surface area contributed by atoms with Crippen LogP contribution in [-0.2, 0) is 0 Å². The Kier molecular flexibility index (Phi) is 2.84. The van der Waals surface area contributed by atoms with Crippen LogP contribution in [0.3, 0.4) is 0 Å². The first kappa shape index (κ1) is 12.9. The molecule has 1 amide bonds. The zero-order valence-corrected chi connectivity index (χ0v) is 11.4. The highest BCUT2D eigenvalue weighted by Gasteiger charge is 2.64. The predicted octanol–water partition coefficient (Wildman–Crippen LogP) is 2.08. The summed E-state index contributed by atoms with van der Waals surface area (Å²) >= 11 is 0. The number of hydrogen-bond donors (Lipinski definition) is 2. The molecule has 1 aromatic heterocycles. The number of nitrogen functional groups attached to an aromatic ring is 1. The van der Waals surface area contributed by atoms with Crippen LogP contribution in [0.15, 0.2) is 18.3 Å². The van der Waals surface area contributed by atoms with Gasteiger partial charge in [0.1, 0.15) is 0 Å². The monoisotopic (exact) mass is 247 g/mol. The molecule has 0 radical (unpaired) electrons. The Morgan fingerprint density at radius 3 is 2.50 bits per heavy atom. The number of anilines is 1. The Hall–Kier alpha value is -1.58. The summed E-state index contributed by atoms with van der Waals surface area (Å²) in [5.41, 5.74) is 7.01. The number of nitrogens with one attached hydrogen (secondary N) is 1. The molecule has 1 saturated carbocycles. The molecule has 3 N–H and O–H groups in total. The maximum Gasteiger partial charge on any atom is 0.272 e. The fraction of sp³-hybridized carbons (Fsp3) is 0.571. The largest absolute Gasteiger partial charge is 0.397 e. The third-order valence-electron chi connectivity index (χ3n) is 4.84. The van der Waals surface area contributed by atoms with Crippen molar-refractivity contribution in [1.29, 1.82) is 0 Å². The number of nitrogens with two attached hydrogens (primary N) is 1. The van der Waals surface area contributed by atoms with Crippen LogP contribution in [0.25, 0.3) is 0 Å². The molecule has 4 heteroatoms. The van der Waals surface area contributed by atoms with E-state index in [-0.39, 0.29) is 16.7 Å². The minimum absolute atomic E-state index is 0.188. The third kappa shape index (κ3) is 1.85. The van der Waals surface area contributed by atoms with E-state index in [1.54, 1.807) is 18.3 Å². The second-order valence-electron chi connectivity index (χ2n) is 6.15.